The molecule has 13 heavy (non-hydrogen) atoms. The Morgan fingerprint density at radius 3 is 2.77 bits per heavy atom. The Hall–Kier alpha value is -1.51. The van der Waals surface area contributed by atoms with E-state index in [0.29, 0.717) is 0 Å². The second kappa shape index (κ2) is 3.09. The quantitative estimate of drug-likeness (QED) is 0.661. The van der Waals surface area contributed by atoms with Crippen molar-refractivity contribution in [2.24, 2.45) is 0 Å². The van der Waals surface area contributed by atoms with Gasteiger partial charge in [0, 0.05) is 11.9 Å². The van der Waals surface area contributed by atoms with Crippen LogP contribution in [0.3, 0.4) is 0 Å². The molecule has 2 aromatic rings. The molecule has 0 unspecified atom stereocenters. The Kier molecular flexibility index (Phi) is 1.93. The summed E-state index contributed by atoms with van der Waals surface area (Å²) in [6.45, 7) is 4.01. The summed E-state index contributed by atoms with van der Waals surface area (Å²) in [5.74, 6) is 0. The van der Waals surface area contributed by atoms with Crippen LogP contribution in [0.15, 0.2) is 18.5 Å². The summed E-state index contributed by atoms with van der Waals surface area (Å²) in [6, 6.07) is 1.99. The van der Waals surface area contributed by atoms with Gasteiger partial charge in [-0.25, -0.2) is 4.98 Å². The van der Waals surface area contributed by atoms with Crippen LogP contribution in [0.25, 0.3) is 11.0 Å². The van der Waals surface area contributed by atoms with Crippen LogP contribution in [0.4, 0.5) is 0 Å². The van der Waals surface area contributed by atoms with Gasteiger partial charge in [0.2, 0.25) is 0 Å². The van der Waals surface area contributed by atoms with Crippen molar-refractivity contribution in [3.05, 3.63) is 29.8 Å². The fourth-order valence-corrected chi connectivity index (χ4v) is 1.24. The van der Waals surface area contributed by atoms with Crippen molar-refractivity contribution < 1.29 is 0 Å². The third-order valence-corrected chi connectivity index (χ3v) is 1.97. The van der Waals surface area contributed by atoms with E-state index in [2.05, 4.69) is 21.9 Å². The highest BCUT2D eigenvalue weighted by Crippen LogP contribution is 2.09. The van der Waals surface area contributed by atoms with E-state index < -0.39 is 0 Å². The second-order valence-corrected chi connectivity index (χ2v) is 3.03. The maximum absolute atomic E-state index is 4.33. The molecule has 0 N–H and O–H groups in total. The topological polar surface area (TPSA) is 38.7 Å². The molecule has 66 valence electrons. The van der Waals surface area contributed by atoms with E-state index in [4.69, 9.17) is 0 Å². The van der Waals surface area contributed by atoms with Gasteiger partial charge in [-0.15, -0.1) is 0 Å². The van der Waals surface area contributed by atoms with Crippen molar-refractivity contribution in [1.82, 2.24) is 15.0 Å². The molecule has 2 aromatic heterocycles. The molecule has 0 saturated heterocycles. The van der Waals surface area contributed by atoms with E-state index >= 15 is 0 Å². The van der Waals surface area contributed by atoms with Gasteiger partial charge in [0.05, 0.1) is 17.4 Å². The first-order valence-corrected chi connectivity index (χ1v) is 4.38. The molecule has 0 amide bonds. The van der Waals surface area contributed by atoms with Gasteiger partial charge in [0.1, 0.15) is 5.52 Å². The Labute approximate surface area is 76.9 Å². The van der Waals surface area contributed by atoms with E-state index in [1.807, 2.05) is 13.0 Å². The second-order valence-electron chi connectivity index (χ2n) is 3.03. The summed E-state index contributed by atoms with van der Waals surface area (Å²) in [4.78, 5) is 12.9. The Morgan fingerprint density at radius 2 is 2.00 bits per heavy atom. The van der Waals surface area contributed by atoms with Crippen LogP contribution in [-0.2, 0) is 6.42 Å². The maximum atomic E-state index is 4.33. The van der Waals surface area contributed by atoms with Crippen molar-refractivity contribution in [2.45, 2.75) is 20.3 Å². The normalized spacial score (nSPS) is 10.6. The minimum absolute atomic E-state index is 0.872. The fraction of sp³-hybridized carbons (Fsp3) is 0.300. The monoisotopic (exact) mass is 173 g/mol. The number of hydrogen-bond acceptors (Lipinski definition) is 3. The van der Waals surface area contributed by atoms with E-state index in [0.717, 1.165) is 28.8 Å². The zero-order valence-electron chi connectivity index (χ0n) is 7.78. The molecule has 0 aliphatic rings. The summed E-state index contributed by atoms with van der Waals surface area (Å²) in [5, 5.41) is 0. The van der Waals surface area contributed by atoms with Crippen molar-refractivity contribution in [2.75, 3.05) is 0 Å². The number of pyridine rings is 1. The average molecular weight is 173 g/mol. The summed E-state index contributed by atoms with van der Waals surface area (Å²) < 4.78 is 0. The number of aromatic nitrogens is 3. The third kappa shape index (κ3) is 1.49. The number of rotatable bonds is 1. The largest absolute Gasteiger partial charge is 0.259 e. The van der Waals surface area contributed by atoms with Crippen LogP contribution < -0.4 is 0 Å². The SMILES string of the molecule is CCc1cc2ncc(C)nc2cn1. The Morgan fingerprint density at radius 1 is 1.15 bits per heavy atom. The van der Waals surface area contributed by atoms with E-state index in [1.165, 1.54) is 0 Å². The summed E-state index contributed by atoms with van der Waals surface area (Å²) in [7, 11) is 0. The van der Waals surface area contributed by atoms with Crippen molar-refractivity contribution in [3.63, 3.8) is 0 Å². The van der Waals surface area contributed by atoms with Gasteiger partial charge >= 0.3 is 0 Å². The number of nitrogens with zero attached hydrogens (tertiary/aromatic N) is 3. The summed E-state index contributed by atoms with van der Waals surface area (Å²) in [5.41, 5.74) is 3.79. The van der Waals surface area contributed by atoms with Gasteiger partial charge < -0.3 is 0 Å². The first-order chi connectivity index (χ1) is 6.29. The lowest BCUT2D eigenvalue weighted by molar-refractivity contribution is 1.03. The van der Waals surface area contributed by atoms with Gasteiger partial charge in [-0.05, 0) is 19.4 Å². The lowest BCUT2D eigenvalue weighted by Gasteiger charge is -1.99. The van der Waals surface area contributed by atoms with E-state index in [9.17, 15) is 0 Å². The van der Waals surface area contributed by atoms with Crippen LogP contribution in [0.1, 0.15) is 18.3 Å². The fourth-order valence-electron chi connectivity index (χ4n) is 1.24. The van der Waals surface area contributed by atoms with Crippen molar-refractivity contribution in [1.29, 1.82) is 0 Å². The van der Waals surface area contributed by atoms with Crippen molar-refractivity contribution >= 4 is 11.0 Å². The number of hydrogen-bond donors (Lipinski definition) is 0. The highest BCUT2D eigenvalue weighted by Gasteiger charge is 1.98. The molecule has 2 heterocycles. The molecule has 0 atom stereocenters. The highest BCUT2D eigenvalue weighted by molar-refractivity contribution is 5.73. The third-order valence-electron chi connectivity index (χ3n) is 1.97. The molecule has 3 heteroatoms. The minimum atomic E-state index is 0.872. The minimum Gasteiger partial charge on any atom is -0.259 e. The van der Waals surface area contributed by atoms with Gasteiger partial charge in [0.15, 0.2) is 0 Å². The smallest absolute Gasteiger partial charge is 0.107 e. The Balaban J connectivity index is 2.66. The molecule has 3 nitrogen and oxygen atoms in total. The standard InChI is InChI=1S/C10H11N3/c1-3-8-4-9-10(6-11-8)13-7(2)5-12-9/h4-6H,3H2,1-2H3. The highest BCUT2D eigenvalue weighted by atomic mass is 14.8. The van der Waals surface area contributed by atoms with Crippen molar-refractivity contribution in [3.8, 4) is 0 Å². The summed E-state index contributed by atoms with van der Waals surface area (Å²) in [6.07, 6.45) is 4.50. The molecular formula is C10H11N3. The molecule has 0 aliphatic carbocycles. The van der Waals surface area contributed by atoms with Gasteiger partial charge in [-0.1, -0.05) is 6.92 Å². The first kappa shape index (κ1) is 8.10. The molecule has 0 saturated carbocycles. The van der Waals surface area contributed by atoms with E-state index in [-0.39, 0.29) is 0 Å². The predicted octanol–water partition coefficient (Wildman–Crippen LogP) is 1.90. The van der Waals surface area contributed by atoms with Crippen LogP contribution in [0.5, 0.6) is 0 Å². The molecule has 0 bridgehead atoms. The van der Waals surface area contributed by atoms with Gasteiger partial charge in [-0.2, -0.15) is 0 Å². The van der Waals surface area contributed by atoms with Gasteiger partial charge in [-0.3, -0.25) is 9.97 Å². The number of fused-ring (bicyclic) bond motifs is 1. The molecule has 0 spiro atoms. The first-order valence-electron chi connectivity index (χ1n) is 4.38. The zero-order valence-corrected chi connectivity index (χ0v) is 7.78. The summed E-state index contributed by atoms with van der Waals surface area (Å²) >= 11 is 0. The molecule has 0 radical (unpaired) electrons. The molecule has 2 rings (SSSR count). The average Bonchev–Trinajstić information content (AvgIpc) is 2.17. The molecular weight excluding hydrogens is 162 g/mol. The molecule has 0 aliphatic heterocycles. The zero-order chi connectivity index (χ0) is 9.26. The molecule has 0 aromatic carbocycles. The van der Waals surface area contributed by atoms with Crippen LogP contribution in [-0.4, -0.2) is 15.0 Å². The lowest BCUT2D eigenvalue weighted by Crippen LogP contribution is -1.91. The van der Waals surface area contributed by atoms with Gasteiger partial charge in [0.25, 0.3) is 0 Å². The predicted molar refractivity (Wildman–Crippen MR) is 51.4 cm³/mol. The number of aryl methyl sites for hydroxylation is 2. The maximum Gasteiger partial charge on any atom is 0.107 e. The van der Waals surface area contributed by atoms with Crippen LogP contribution in [0.2, 0.25) is 0 Å². The molecule has 0 fully saturated rings. The Bertz CT molecular complexity index is 437. The van der Waals surface area contributed by atoms with Crippen LogP contribution >= 0.6 is 0 Å². The lowest BCUT2D eigenvalue weighted by atomic mass is 10.2. The van der Waals surface area contributed by atoms with Crippen LogP contribution in [0, 0.1) is 6.92 Å². The van der Waals surface area contributed by atoms with E-state index in [1.54, 1.807) is 12.4 Å².